The molecule has 1 aliphatic rings. The van der Waals surface area contributed by atoms with Gasteiger partial charge < -0.3 is 10.1 Å². The Morgan fingerprint density at radius 2 is 1.79 bits per heavy atom. The zero-order chi connectivity index (χ0) is 28.3. The Balaban J connectivity index is 1.57. The number of urea groups is 1. The summed E-state index contributed by atoms with van der Waals surface area (Å²) in [6.07, 6.45) is 1.17. The molecule has 1 fully saturated rings. The maximum atomic E-state index is 13.2. The molecule has 0 spiro atoms. The summed E-state index contributed by atoms with van der Waals surface area (Å²) in [5, 5.41) is 16.4. The van der Waals surface area contributed by atoms with Crippen LogP contribution >= 0.6 is 23.2 Å². The number of hydrogen-bond acceptors (Lipinski definition) is 7. The zero-order valence-corrected chi connectivity index (χ0v) is 21.6. The van der Waals surface area contributed by atoms with Crippen molar-refractivity contribution in [1.29, 1.82) is 0 Å². The van der Waals surface area contributed by atoms with Gasteiger partial charge in [0.2, 0.25) is 0 Å². The lowest BCUT2D eigenvalue weighted by Crippen LogP contribution is -2.54. The smallest absolute Gasteiger partial charge is 0.335 e. The molecular formula is C26H18Cl2N4O7. The van der Waals surface area contributed by atoms with E-state index >= 15 is 0 Å². The number of aryl methyl sites for hydroxylation is 1. The van der Waals surface area contributed by atoms with Crippen LogP contribution in [0.3, 0.4) is 0 Å². The molecule has 1 saturated heterocycles. The average molecular weight is 569 g/mol. The number of carbonyl (C=O) groups excluding carboxylic acids is 4. The maximum absolute atomic E-state index is 13.2. The molecule has 0 atom stereocenters. The molecule has 0 saturated carbocycles. The molecule has 1 aliphatic heterocycles. The summed E-state index contributed by atoms with van der Waals surface area (Å²) < 4.78 is 5.62. The molecule has 0 unspecified atom stereocenters. The molecule has 3 aromatic rings. The molecule has 0 aromatic heterocycles. The van der Waals surface area contributed by atoms with Crippen LogP contribution in [0.2, 0.25) is 10.0 Å². The van der Waals surface area contributed by atoms with E-state index in [0.29, 0.717) is 15.6 Å². The van der Waals surface area contributed by atoms with Crippen LogP contribution in [0.1, 0.15) is 11.1 Å². The first-order chi connectivity index (χ1) is 18.5. The highest BCUT2D eigenvalue weighted by molar-refractivity contribution is 6.39. The number of amides is 5. The third kappa shape index (κ3) is 6.22. The van der Waals surface area contributed by atoms with E-state index in [1.807, 2.05) is 6.92 Å². The van der Waals surface area contributed by atoms with Crippen molar-refractivity contribution in [2.45, 2.75) is 6.92 Å². The van der Waals surface area contributed by atoms with Crippen molar-refractivity contribution >= 4 is 70.1 Å². The molecule has 1 heterocycles. The largest absolute Gasteiger partial charge is 0.483 e. The van der Waals surface area contributed by atoms with E-state index in [0.717, 1.165) is 17.7 Å². The topological polar surface area (TPSA) is 148 Å². The van der Waals surface area contributed by atoms with Gasteiger partial charge in [0.15, 0.2) is 6.61 Å². The number of nitrogens with one attached hydrogen (secondary N) is 2. The number of barbiturate groups is 1. The van der Waals surface area contributed by atoms with E-state index in [2.05, 4.69) is 10.6 Å². The van der Waals surface area contributed by atoms with Crippen molar-refractivity contribution < 1.29 is 28.8 Å². The standard InChI is InChI=1S/C26H18Cl2N4O7/c1-14-2-4-17(12-21(14)28)29-23(33)13-39-22-9-3-16(27)10-15(22)11-20-24(34)30-26(36)31(25(20)35)18-5-7-19(8-6-18)32(37)38/h2-12H,13H2,1H3,(H,29,33)(H,30,34,36)/b20-11-. The first-order valence-corrected chi connectivity index (χ1v) is 11.9. The number of anilines is 2. The summed E-state index contributed by atoms with van der Waals surface area (Å²) in [4.78, 5) is 61.6. The van der Waals surface area contributed by atoms with Gasteiger partial charge in [0.1, 0.15) is 11.3 Å². The molecule has 3 aromatic carbocycles. The zero-order valence-electron chi connectivity index (χ0n) is 20.1. The Labute approximate surface area is 231 Å². The normalized spacial score (nSPS) is 14.3. The summed E-state index contributed by atoms with van der Waals surface area (Å²) in [7, 11) is 0. The first kappa shape index (κ1) is 27.3. The Morgan fingerprint density at radius 3 is 2.46 bits per heavy atom. The summed E-state index contributed by atoms with van der Waals surface area (Å²) in [6, 6.07) is 13.0. The van der Waals surface area contributed by atoms with Crippen molar-refractivity contribution in [2.24, 2.45) is 0 Å². The average Bonchev–Trinajstić information content (AvgIpc) is 2.88. The van der Waals surface area contributed by atoms with E-state index in [1.54, 1.807) is 18.2 Å². The fourth-order valence-corrected chi connectivity index (χ4v) is 3.91. The second kappa shape index (κ2) is 11.3. The Hall–Kier alpha value is -4.74. The number of carbonyl (C=O) groups is 4. The third-order valence-electron chi connectivity index (χ3n) is 5.51. The van der Waals surface area contributed by atoms with Crippen LogP contribution < -0.4 is 20.3 Å². The van der Waals surface area contributed by atoms with Crippen molar-refractivity contribution in [1.82, 2.24) is 5.32 Å². The Bertz CT molecular complexity index is 1550. The fraction of sp³-hybridized carbons (Fsp3) is 0.0769. The van der Waals surface area contributed by atoms with Crippen molar-refractivity contribution in [2.75, 3.05) is 16.8 Å². The van der Waals surface area contributed by atoms with Crippen LogP contribution in [0.15, 0.2) is 66.2 Å². The number of nitro groups is 1. The van der Waals surface area contributed by atoms with Gasteiger partial charge in [-0.3, -0.25) is 29.8 Å². The summed E-state index contributed by atoms with van der Waals surface area (Å²) in [5.41, 5.74) is 0.838. The van der Waals surface area contributed by atoms with Crippen LogP contribution in [-0.2, 0) is 14.4 Å². The highest BCUT2D eigenvalue weighted by atomic mass is 35.5. The lowest BCUT2D eigenvalue weighted by Gasteiger charge is -2.26. The summed E-state index contributed by atoms with van der Waals surface area (Å²) in [5.74, 6) is -2.31. The monoisotopic (exact) mass is 568 g/mol. The van der Waals surface area contributed by atoms with E-state index in [-0.39, 0.29) is 27.7 Å². The van der Waals surface area contributed by atoms with Crippen molar-refractivity contribution in [3.05, 3.63) is 97.5 Å². The minimum atomic E-state index is -1.02. The van der Waals surface area contributed by atoms with Crippen LogP contribution in [0, 0.1) is 17.0 Å². The van der Waals surface area contributed by atoms with Gasteiger partial charge in [0, 0.05) is 33.4 Å². The molecule has 198 valence electrons. The molecule has 0 bridgehead atoms. The van der Waals surface area contributed by atoms with Crippen molar-refractivity contribution in [3.63, 3.8) is 0 Å². The molecule has 2 N–H and O–H groups in total. The lowest BCUT2D eigenvalue weighted by molar-refractivity contribution is -0.384. The van der Waals surface area contributed by atoms with Crippen molar-refractivity contribution in [3.8, 4) is 5.75 Å². The Kier molecular flexibility index (Phi) is 7.93. The fourth-order valence-electron chi connectivity index (χ4n) is 3.55. The van der Waals surface area contributed by atoms with E-state index in [9.17, 15) is 29.3 Å². The number of nitrogens with zero attached hydrogens (tertiary/aromatic N) is 2. The number of halogens is 2. The molecular weight excluding hydrogens is 551 g/mol. The summed E-state index contributed by atoms with van der Waals surface area (Å²) in [6.45, 7) is 1.41. The van der Waals surface area contributed by atoms with Gasteiger partial charge in [0.05, 0.1) is 10.6 Å². The maximum Gasteiger partial charge on any atom is 0.335 e. The second-order valence-corrected chi connectivity index (χ2v) is 9.06. The van der Waals surface area contributed by atoms with Crippen LogP contribution in [0.25, 0.3) is 6.08 Å². The van der Waals surface area contributed by atoms with Gasteiger partial charge in [-0.15, -0.1) is 0 Å². The minimum Gasteiger partial charge on any atom is -0.483 e. The third-order valence-corrected chi connectivity index (χ3v) is 6.15. The minimum absolute atomic E-state index is 0.0111. The number of non-ortho nitro benzene ring substituents is 1. The quantitative estimate of drug-likeness (QED) is 0.178. The van der Waals surface area contributed by atoms with Gasteiger partial charge in [-0.1, -0.05) is 29.3 Å². The highest BCUT2D eigenvalue weighted by Crippen LogP contribution is 2.29. The molecule has 0 radical (unpaired) electrons. The van der Waals surface area contributed by atoms with Crippen LogP contribution in [-0.4, -0.2) is 35.3 Å². The Morgan fingerprint density at radius 1 is 1.08 bits per heavy atom. The van der Waals surface area contributed by atoms with Gasteiger partial charge in [-0.2, -0.15) is 0 Å². The molecule has 13 heteroatoms. The van der Waals surface area contributed by atoms with Gasteiger partial charge in [0.25, 0.3) is 23.4 Å². The number of ether oxygens (including phenoxy) is 1. The molecule has 39 heavy (non-hydrogen) atoms. The number of hydrogen-bond donors (Lipinski definition) is 2. The number of nitro benzene ring substituents is 1. The van der Waals surface area contributed by atoms with Gasteiger partial charge in [-0.05, 0) is 61.0 Å². The van der Waals surface area contributed by atoms with Crippen LogP contribution in [0.5, 0.6) is 5.75 Å². The first-order valence-electron chi connectivity index (χ1n) is 11.2. The number of imide groups is 2. The summed E-state index contributed by atoms with van der Waals surface area (Å²) >= 11 is 12.2. The highest BCUT2D eigenvalue weighted by Gasteiger charge is 2.37. The van der Waals surface area contributed by atoms with Gasteiger partial charge >= 0.3 is 6.03 Å². The number of rotatable bonds is 7. The molecule has 4 rings (SSSR count). The molecule has 11 nitrogen and oxygen atoms in total. The predicted molar refractivity (Wildman–Crippen MR) is 144 cm³/mol. The predicted octanol–water partition coefficient (Wildman–Crippen LogP) is 4.89. The lowest BCUT2D eigenvalue weighted by atomic mass is 10.1. The van der Waals surface area contributed by atoms with E-state index in [4.69, 9.17) is 27.9 Å². The SMILES string of the molecule is Cc1ccc(NC(=O)COc2ccc(Cl)cc2/C=C2/C(=O)NC(=O)N(c3ccc([N+](=O)[O-])cc3)C2=O)cc1Cl. The number of benzene rings is 3. The second-order valence-electron chi connectivity index (χ2n) is 8.21. The van der Waals surface area contributed by atoms with E-state index in [1.165, 1.54) is 36.4 Å². The van der Waals surface area contributed by atoms with Crippen LogP contribution in [0.4, 0.5) is 21.9 Å². The van der Waals surface area contributed by atoms with E-state index < -0.39 is 40.9 Å². The molecule has 0 aliphatic carbocycles. The molecule has 5 amide bonds. The van der Waals surface area contributed by atoms with Gasteiger partial charge in [-0.25, -0.2) is 9.69 Å².